The van der Waals surface area contributed by atoms with Gasteiger partial charge >= 0.3 is 0 Å². The van der Waals surface area contributed by atoms with Crippen molar-refractivity contribution in [2.45, 2.75) is 40.3 Å². The van der Waals surface area contributed by atoms with Crippen molar-refractivity contribution in [1.29, 1.82) is 0 Å². The molecule has 5 heteroatoms. The van der Waals surface area contributed by atoms with Gasteiger partial charge in [-0.05, 0) is 35.1 Å². The van der Waals surface area contributed by atoms with Crippen LogP contribution in [0.1, 0.15) is 33.3 Å². The van der Waals surface area contributed by atoms with E-state index in [1.54, 1.807) is 6.20 Å². The van der Waals surface area contributed by atoms with E-state index in [4.69, 9.17) is 4.74 Å². The van der Waals surface area contributed by atoms with Crippen LogP contribution in [0.3, 0.4) is 0 Å². The van der Waals surface area contributed by atoms with Crippen LogP contribution < -0.4 is 10.1 Å². The zero-order valence-electron chi connectivity index (χ0n) is 12.9. The van der Waals surface area contributed by atoms with Crippen LogP contribution in [0, 0.1) is 0 Å². The van der Waals surface area contributed by atoms with Crippen LogP contribution in [0.15, 0.2) is 16.7 Å². The van der Waals surface area contributed by atoms with Crippen molar-refractivity contribution >= 4 is 15.9 Å². The predicted octanol–water partition coefficient (Wildman–Crippen LogP) is 3.06. The molecule has 0 aliphatic heterocycles. The highest BCUT2D eigenvalue weighted by Gasteiger charge is 2.08. The van der Waals surface area contributed by atoms with Crippen LogP contribution in [0.4, 0.5) is 0 Å². The molecule has 0 saturated carbocycles. The fourth-order valence-corrected chi connectivity index (χ4v) is 2.23. The van der Waals surface area contributed by atoms with Crippen molar-refractivity contribution in [1.82, 2.24) is 15.2 Å². The Morgan fingerprint density at radius 3 is 2.65 bits per heavy atom. The molecule has 0 aromatic carbocycles. The van der Waals surface area contributed by atoms with Gasteiger partial charge < -0.3 is 15.0 Å². The molecule has 1 aromatic rings. The summed E-state index contributed by atoms with van der Waals surface area (Å²) in [5.41, 5.74) is 1.09. The van der Waals surface area contributed by atoms with Crippen molar-refractivity contribution in [2.24, 2.45) is 0 Å². The molecular weight excluding hydrogens is 318 g/mol. The summed E-state index contributed by atoms with van der Waals surface area (Å²) in [6.07, 6.45) is 1.78. The number of pyridine rings is 1. The number of hydrogen-bond donors (Lipinski definition) is 1. The van der Waals surface area contributed by atoms with E-state index in [2.05, 4.69) is 64.9 Å². The molecule has 0 atom stereocenters. The highest BCUT2D eigenvalue weighted by atomic mass is 79.9. The van der Waals surface area contributed by atoms with Crippen molar-refractivity contribution in [3.63, 3.8) is 0 Å². The molecule has 0 saturated heterocycles. The van der Waals surface area contributed by atoms with Crippen molar-refractivity contribution in [2.75, 3.05) is 26.2 Å². The molecule has 0 aliphatic rings. The molecule has 0 fully saturated rings. The fraction of sp³-hybridized carbons (Fsp3) is 0.667. The van der Waals surface area contributed by atoms with Gasteiger partial charge in [0.2, 0.25) is 5.88 Å². The van der Waals surface area contributed by atoms with Gasteiger partial charge in [-0.3, -0.25) is 0 Å². The highest BCUT2D eigenvalue weighted by Crippen LogP contribution is 2.20. The van der Waals surface area contributed by atoms with Gasteiger partial charge in [-0.15, -0.1) is 0 Å². The van der Waals surface area contributed by atoms with Crippen LogP contribution in [-0.4, -0.2) is 42.2 Å². The first-order valence-corrected chi connectivity index (χ1v) is 8.09. The third-order valence-corrected chi connectivity index (χ3v) is 3.57. The summed E-state index contributed by atoms with van der Waals surface area (Å²) in [5.74, 6) is 0.730. The lowest BCUT2D eigenvalue weighted by molar-refractivity contribution is 0.216. The summed E-state index contributed by atoms with van der Waals surface area (Å²) in [7, 11) is 0. The second-order valence-electron chi connectivity index (χ2n) is 5.03. The standard InChI is InChI=1S/C15H26BrN3O/c1-5-19(6-2)7-8-20-15-13(10-17-12(3)4)9-14(16)11-18-15/h9,11-12,17H,5-8,10H2,1-4H3. The van der Waals surface area contributed by atoms with Gasteiger partial charge in [-0.2, -0.15) is 0 Å². The van der Waals surface area contributed by atoms with Crippen LogP contribution in [0.25, 0.3) is 0 Å². The minimum atomic E-state index is 0.442. The molecule has 1 heterocycles. The van der Waals surface area contributed by atoms with Crippen LogP contribution in [0.2, 0.25) is 0 Å². The lowest BCUT2D eigenvalue weighted by Gasteiger charge is -2.19. The molecule has 1 rings (SSSR count). The molecule has 1 aromatic heterocycles. The summed E-state index contributed by atoms with van der Waals surface area (Å²) < 4.78 is 6.83. The van der Waals surface area contributed by atoms with E-state index in [0.717, 1.165) is 42.1 Å². The number of ether oxygens (including phenoxy) is 1. The molecule has 0 amide bonds. The van der Waals surface area contributed by atoms with Crippen LogP contribution >= 0.6 is 15.9 Å². The topological polar surface area (TPSA) is 37.4 Å². The van der Waals surface area contributed by atoms with Crippen LogP contribution in [-0.2, 0) is 6.54 Å². The normalized spacial score (nSPS) is 11.3. The molecule has 114 valence electrons. The molecule has 20 heavy (non-hydrogen) atoms. The first-order chi connectivity index (χ1) is 9.56. The molecule has 0 unspecified atom stereocenters. The van der Waals surface area contributed by atoms with E-state index in [0.29, 0.717) is 12.6 Å². The predicted molar refractivity (Wildman–Crippen MR) is 87.2 cm³/mol. The Balaban J connectivity index is 2.59. The summed E-state index contributed by atoms with van der Waals surface area (Å²) in [6.45, 7) is 13.1. The van der Waals surface area contributed by atoms with Gasteiger partial charge in [0.1, 0.15) is 6.61 Å². The van der Waals surface area contributed by atoms with Gasteiger partial charge in [0.15, 0.2) is 0 Å². The van der Waals surface area contributed by atoms with Crippen molar-refractivity contribution in [3.8, 4) is 5.88 Å². The monoisotopic (exact) mass is 343 g/mol. The number of aromatic nitrogens is 1. The van der Waals surface area contributed by atoms with E-state index in [-0.39, 0.29) is 0 Å². The molecular formula is C15H26BrN3O. The maximum atomic E-state index is 5.84. The number of hydrogen-bond acceptors (Lipinski definition) is 4. The summed E-state index contributed by atoms with van der Waals surface area (Å²) in [6, 6.07) is 2.51. The molecule has 4 nitrogen and oxygen atoms in total. The van der Waals surface area contributed by atoms with Crippen molar-refractivity contribution in [3.05, 3.63) is 22.3 Å². The lowest BCUT2D eigenvalue weighted by Crippen LogP contribution is -2.28. The molecule has 0 bridgehead atoms. The highest BCUT2D eigenvalue weighted by molar-refractivity contribution is 9.10. The number of likely N-dealkylation sites (N-methyl/N-ethyl adjacent to an activating group) is 1. The second kappa shape index (κ2) is 9.32. The minimum absolute atomic E-state index is 0.442. The van der Waals surface area contributed by atoms with E-state index in [9.17, 15) is 0 Å². The summed E-state index contributed by atoms with van der Waals surface area (Å²) >= 11 is 3.46. The summed E-state index contributed by atoms with van der Waals surface area (Å²) in [4.78, 5) is 6.72. The Morgan fingerprint density at radius 1 is 1.35 bits per heavy atom. The Bertz CT molecular complexity index is 395. The number of rotatable bonds is 9. The van der Waals surface area contributed by atoms with E-state index in [1.165, 1.54) is 0 Å². The Kier molecular flexibility index (Phi) is 8.11. The van der Waals surface area contributed by atoms with E-state index >= 15 is 0 Å². The van der Waals surface area contributed by atoms with E-state index < -0.39 is 0 Å². The largest absolute Gasteiger partial charge is 0.476 e. The van der Waals surface area contributed by atoms with E-state index in [1.807, 2.05) is 0 Å². The Morgan fingerprint density at radius 2 is 2.05 bits per heavy atom. The third-order valence-electron chi connectivity index (χ3n) is 3.13. The van der Waals surface area contributed by atoms with Crippen molar-refractivity contribution < 1.29 is 4.74 Å². The van der Waals surface area contributed by atoms with Gasteiger partial charge in [0.25, 0.3) is 0 Å². The maximum absolute atomic E-state index is 5.84. The third kappa shape index (κ3) is 6.20. The van der Waals surface area contributed by atoms with Gasteiger partial charge in [0, 0.05) is 35.4 Å². The average Bonchev–Trinajstić information content (AvgIpc) is 2.43. The first kappa shape index (κ1) is 17.4. The smallest absolute Gasteiger partial charge is 0.217 e. The minimum Gasteiger partial charge on any atom is -0.476 e. The number of nitrogens with one attached hydrogen (secondary N) is 1. The molecule has 0 aliphatic carbocycles. The second-order valence-corrected chi connectivity index (χ2v) is 5.94. The molecule has 0 spiro atoms. The zero-order valence-corrected chi connectivity index (χ0v) is 14.5. The quantitative estimate of drug-likeness (QED) is 0.747. The SMILES string of the molecule is CCN(CC)CCOc1ncc(Br)cc1CNC(C)C. The van der Waals surface area contributed by atoms with Gasteiger partial charge in [-0.25, -0.2) is 4.98 Å². The first-order valence-electron chi connectivity index (χ1n) is 7.29. The average molecular weight is 344 g/mol. The maximum Gasteiger partial charge on any atom is 0.217 e. The number of halogens is 1. The Labute approximate surface area is 131 Å². The van der Waals surface area contributed by atoms with Crippen LogP contribution in [0.5, 0.6) is 5.88 Å². The van der Waals surface area contributed by atoms with Gasteiger partial charge in [0.05, 0.1) is 0 Å². The van der Waals surface area contributed by atoms with Gasteiger partial charge in [-0.1, -0.05) is 27.7 Å². The summed E-state index contributed by atoms with van der Waals surface area (Å²) in [5, 5.41) is 3.40. The lowest BCUT2D eigenvalue weighted by atomic mass is 10.2. The number of nitrogens with zero attached hydrogens (tertiary/aromatic N) is 2. The fourth-order valence-electron chi connectivity index (χ4n) is 1.85. The Hall–Kier alpha value is -0.650. The zero-order chi connectivity index (χ0) is 15.0. The molecule has 1 N–H and O–H groups in total. The molecule has 0 radical (unpaired) electrons.